The van der Waals surface area contributed by atoms with E-state index in [0.717, 1.165) is 6.07 Å². The molecule has 4 aromatic rings. The van der Waals surface area contributed by atoms with Crippen molar-refractivity contribution in [3.05, 3.63) is 82.9 Å². The van der Waals surface area contributed by atoms with Gasteiger partial charge >= 0.3 is 0 Å². The van der Waals surface area contributed by atoms with Crippen LogP contribution < -0.4 is 10.1 Å². The van der Waals surface area contributed by atoms with Crippen molar-refractivity contribution in [2.45, 2.75) is 18.7 Å². The molecule has 0 aromatic heterocycles. The van der Waals surface area contributed by atoms with Gasteiger partial charge in [-0.25, -0.2) is 0 Å². The van der Waals surface area contributed by atoms with Crippen molar-refractivity contribution in [1.82, 2.24) is 0 Å². The fourth-order valence-electron chi connectivity index (χ4n) is 3.72. The van der Waals surface area contributed by atoms with Crippen molar-refractivity contribution in [2.75, 3.05) is 11.9 Å². The Labute approximate surface area is 218 Å². The lowest BCUT2D eigenvalue weighted by Gasteiger charge is -2.14. The van der Waals surface area contributed by atoms with Gasteiger partial charge in [0.15, 0.2) is 5.75 Å². The van der Waals surface area contributed by atoms with E-state index in [9.17, 15) is 22.9 Å². The van der Waals surface area contributed by atoms with Gasteiger partial charge in [-0.1, -0.05) is 48.0 Å². The molecule has 0 atom stereocenters. The Bertz CT molecular complexity index is 1650. The molecule has 1 amide bonds. The summed E-state index contributed by atoms with van der Waals surface area (Å²) < 4.78 is 39.0. The number of ether oxygens (including phenoxy) is 1. The molecule has 37 heavy (non-hydrogen) atoms. The molecule has 4 aromatic carbocycles. The number of para-hydroxylation sites is 2. The lowest BCUT2D eigenvalue weighted by atomic mass is 10.0. The van der Waals surface area contributed by atoms with Gasteiger partial charge in [0.05, 0.1) is 17.9 Å². The van der Waals surface area contributed by atoms with E-state index in [-0.39, 0.29) is 27.5 Å². The highest BCUT2D eigenvalue weighted by Gasteiger charge is 2.22. The summed E-state index contributed by atoms with van der Waals surface area (Å²) in [5.74, 6) is -0.626. The molecule has 4 rings (SSSR count). The minimum Gasteiger partial charge on any atom is -0.505 e. The van der Waals surface area contributed by atoms with Gasteiger partial charge in [0.25, 0.3) is 16.0 Å². The molecule has 11 heteroatoms. The number of nitrogens with zero attached hydrogens (tertiary/aromatic N) is 2. The van der Waals surface area contributed by atoms with E-state index in [1.807, 2.05) is 6.92 Å². The molecule has 0 unspecified atom stereocenters. The summed E-state index contributed by atoms with van der Waals surface area (Å²) in [6, 6.07) is 17.7. The molecule has 3 N–H and O–H groups in total. The average molecular weight is 540 g/mol. The first kappa shape index (κ1) is 26.1. The zero-order valence-electron chi connectivity index (χ0n) is 19.8. The van der Waals surface area contributed by atoms with Crippen LogP contribution in [0, 0.1) is 6.92 Å². The molecule has 190 valence electrons. The number of nitrogens with one attached hydrogen (secondary N) is 1. The Morgan fingerprint density at radius 2 is 1.70 bits per heavy atom. The predicted molar refractivity (Wildman–Crippen MR) is 141 cm³/mol. The van der Waals surface area contributed by atoms with Crippen LogP contribution >= 0.6 is 11.6 Å². The molecule has 0 spiro atoms. The Morgan fingerprint density at radius 3 is 2.43 bits per heavy atom. The fraction of sp³-hybridized carbons (Fsp3) is 0.115. The first-order valence-electron chi connectivity index (χ1n) is 11.1. The highest BCUT2D eigenvalue weighted by atomic mass is 35.5. The summed E-state index contributed by atoms with van der Waals surface area (Å²) in [7, 11) is -4.65. The Balaban J connectivity index is 1.85. The Morgan fingerprint density at radius 1 is 1.03 bits per heavy atom. The standard InChI is InChI=1S/C26H22ClN3O6S/c1-3-36-21-11-7-6-10-20(21)28-26(32)18-14-16-8-4-5-9-17(16)24(25(18)31)30-29-23-15(2)19(27)12-13-22(23)37(33,34)35/h4-14,31H,3H2,1-2H3,(H,28,32)(H,33,34,35). The zero-order valence-corrected chi connectivity index (χ0v) is 21.3. The molecular formula is C26H22ClN3O6S. The minimum atomic E-state index is -4.65. The normalized spacial score (nSPS) is 11.7. The first-order valence-corrected chi connectivity index (χ1v) is 12.9. The quantitative estimate of drug-likeness (QED) is 0.174. The van der Waals surface area contributed by atoms with E-state index in [2.05, 4.69) is 15.5 Å². The van der Waals surface area contributed by atoms with Crippen molar-refractivity contribution in [1.29, 1.82) is 0 Å². The summed E-state index contributed by atoms with van der Waals surface area (Å²) in [6.07, 6.45) is 0. The Hall–Kier alpha value is -3.99. The maximum absolute atomic E-state index is 13.2. The predicted octanol–water partition coefficient (Wildman–Crippen LogP) is 6.82. The number of hydrogen-bond acceptors (Lipinski definition) is 7. The second-order valence-electron chi connectivity index (χ2n) is 7.92. The van der Waals surface area contributed by atoms with Gasteiger partial charge in [-0.3, -0.25) is 9.35 Å². The molecule has 0 bridgehead atoms. The Kier molecular flexibility index (Phi) is 7.44. The van der Waals surface area contributed by atoms with Gasteiger partial charge in [0.1, 0.15) is 22.0 Å². The number of fused-ring (bicyclic) bond motifs is 1. The van der Waals surface area contributed by atoms with Crippen LogP contribution in [-0.2, 0) is 10.1 Å². The van der Waals surface area contributed by atoms with Gasteiger partial charge in [-0.15, -0.1) is 10.2 Å². The van der Waals surface area contributed by atoms with E-state index in [1.165, 1.54) is 19.1 Å². The minimum absolute atomic E-state index is 0.0676. The monoisotopic (exact) mass is 539 g/mol. The van der Waals surface area contributed by atoms with Crippen molar-refractivity contribution in [3.8, 4) is 11.5 Å². The molecule has 0 aliphatic heterocycles. The van der Waals surface area contributed by atoms with Crippen molar-refractivity contribution in [2.24, 2.45) is 10.2 Å². The van der Waals surface area contributed by atoms with E-state index in [1.54, 1.807) is 48.5 Å². The molecule has 0 saturated carbocycles. The average Bonchev–Trinajstić information content (AvgIpc) is 2.86. The number of phenols is 1. The maximum Gasteiger partial charge on any atom is 0.296 e. The number of amides is 1. The van der Waals surface area contributed by atoms with Gasteiger partial charge in [0.2, 0.25) is 0 Å². The SMILES string of the molecule is CCOc1ccccc1NC(=O)c1cc2ccccc2c(N=Nc2c(S(=O)(=O)O)ccc(Cl)c2C)c1O. The van der Waals surface area contributed by atoms with Gasteiger partial charge in [0, 0.05) is 10.4 Å². The lowest BCUT2D eigenvalue weighted by Crippen LogP contribution is -2.13. The largest absolute Gasteiger partial charge is 0.505 e. The van der Waals surface area contributed by atoms with Gasteiger partial charge in [-0.2, -0.15) is 8.42 Å². The van der Waals surface area contributed by atoms with Crippen LogP contribution in [0.3, 0.4) is 0 Å². The number of aromatic hydroxyl groups is 1. The molecular weight excluding hydrogens is 518 g/mol. The smallest absolute Gasteiger partial charge is 0.296 e. The first-order chi connectivity index (χ1) is 17.6. The molecule has 0 aliphatic carbocycles. The topological polar surface area (TPSA) is 138 Å². The van der Waals surface area contributed by atoms with Crippen LogP contribution in [0.4, 0.5) is 17.1 Å². The number of halogens is 1. The highest BCUT2D eigenvalue weighted by Crippen LogP contribution is 2.41. The summed E-state index contributed by atoms with van der Waals surface area (Å²) in [5.41, 5.74) is 0.320. The number of phenolic OH excluding ortho intramolecular Hbond substituents is 1. The molecule has 0 aliphatic rings. The number of azo groups is 1. The number of hydrogen-bond donors (Lipinski definition) is 3. The molecule has 0 fully saturated rings. The third-order valence-corrected chi connectivity index (χ3v) is 6.83. The molecule has 0 radical (unpaired) electrons. The number of benzene rings is 4. The van der Waals surface area contributed by atoms with E-state index in [0.29, 0.717) is 28.8 Å². The van der Waals surface area contributed by atoms with Crippen LogP contribution in [-0.4, -0.2) is 30.6 Å². The van der Waals surface area contributed by atoms with E-state index in [4.69, 9.17) is 16.3 Å². The second-order valence-corrected chi connectivity index (χ2v) is 9.72. The van der Waals surface area contributed by atoms with E-state index >= 15 is 0 Å². The lowest BCUT2D eigenvalue weighted by molar-refractivity contribution is 0.102. The van der Waals surface area contributed by atoms with Crippen molar-refractivity contribution >= 4 is 55.5 Å². The molecule has 0 heterocycles. The van der Waals surface area contributed by atoms with Crippen LogP contribution in [0.1, 0.15) is 22.8 Å². The fourth-order valence-corrected chi connectivity index (χ4v) is 4.55. The molecule has 0 saturated heterocycles. The van der Waals surface area contributed by atoms with Crippen LogP contribution in [0.25, 0.3) is 10.8 Å². The maximum atomic E-state index is 13.2. The number of rotatable bonds is 7. The third-order valence-electron chi connectivity index (χ3n) is 5.53. The highest BCUT2D eigenvalue weighted by molar-refractivity contribution is 7.86. The summed E-state index contributed by atoms with van der Waals surface area (Å²) in [4.78, 5) is 12.7. The summed E-state index contributed by atoms with van der Waals surface area (Å²) in [6.45, 7) is 3.73. The van der Waals surface area contributed by atoms with Gasteiger partial charge < -0.3 is 15.2 Å². The summed E-state index contributed by atoms with van der Waals surface area (Å²) >= 11 is 6.13. The number of carbonyl (C=O) groups is 1. The number of carbonyl (C=O) groups excluding carboxylic acids is 1. The van der Waals surface area contributed by atoms with Crippen molar-refractivity contribution in [3.63, 3.8) is 0 Å². The van der Waals surface area contributed by atoms with E-state index < -0.39 is 26.7 Å². The summed E-state index contributed by atoms with van der Waals surface area (Å²) in [5, 5.41) is 23.2. The van der Waals surface area contributed by atoms with Gasteiger partial charge in [-0.05, 0) is 55.1 Å². The van der Waals surface area contributed by atoms with Crippen LogP contribution in [0.15, 0.2) is 81.9 Å². The zero-order chi connectivity index (χ0) is 26.7. The molecule has 9 nitrogen and oxygen atoms in total. The van der Waals surface area contributed by atoms with Crippen LogP contribution in [0.5, 0.6) is 11.5 Å². The second kappa shape index (κ2) is 10.6. The number of anilines is 1. The third kappa shape index (κ3) is 5.41. The van der Waals surface area contributed by atoms with Crippen molar-refractivity contribution < 1.29 is 27.6 Å². The van der Waals surface area contributed by atoms with Crippen LogP contribution in [0.2, 0.25) is 5.02 Å².